The molecule has 1 aliphatic rings. The molecule has 1 heterocycles. The monoisotopic (exact) mass is 208 g/mol. The molecule has 1 saturated heterocycles. The summed E-state index contributed by atoms with van der Waals surface area (Å²) in [5.41, 5.74) is 0.251. The molecule has 0 aromatic carbocycles. The number of hydrogen-bond donors (Lipinski definition) is 0. The van der Waals surface area contributed by atoms with Crippen molar-refractivity contribution in [2.75, 3.05) is 26.1 Å². The molecule has 5 heteroatoms. The van der Waals surface area contributed by atoms with E-state index in [-0.39, 0.29) is 12.0 Å². The van der Waals surface area contributed by atoms with Gasteiger partial charge in [0.1, 0.15) is 0 Å². The summed E-state index contributed by atoms with van der Waals surface area (Å²) in [7, 11) is -3.26. The van der Waals surface area contributed by atoms with E-state index in [0.29, 0.717) is 0 Å². The van der Waals surface area contributed by atoms with Crippen molar-refractivity contribution in [1.82, 2.24) is 0 Å². The third-order valence-electron chi connectivity index (χ3n) is 2.12. The number of hydrogen-bond acceptors (Lipinski definition) is 4. The fourth-order valence-corrected chi connectivity index (χ4v) is 1.72. The van der Waals surface area contributed by atoms with Crippen molar-refractivity contribution in [3.8, 4) is 0 Å². The van der Waals surface area contributed by atoms with E-state index in [1.807, 2.05) is 0 Å². The van der Waals surface area contributed by atoms with Crippen molar-refractivity contribution < 1.29 is 17.3 Å². The Kier molecular flexibility index (Phi) is 3.32. The van der Waals surface area contributed by atoms with Crippen LogP contribution in [0, 0.1) is 5.41 Å². The standard InChI is InChI=1S/C8H16O4S/c1-8(6-11-7-8)4-3-5-12-13(2,9)10/h3-7H2,1-2H3. The minimum Gasteiger partial charge on any atom is -0.380 e. The van der Waals surface area contributed by atoms with Crippen LogP contribution < -0.4 is 0 Å². The lowest BCUT2D eigenvalue weighted by Gasteiger charge is -2.38. The number of ether oxygens (including phenoxy) is 1. The summed E-state index contributed by atoms with van der Waals surface area (Å²) in [4.78, 5) is 0. The molecule has 1 aliphatic heterocycles. The molecule has 1 fully saturated rings. The average Bonchev–Trinajstić information content (AvgIpc) is 1.93. The molecular formula is C8H16O4S. The fraction of sp³-hybridized carbons (Fsp3) is 1.00. The molecule has 0 aromatic rings. The minimum absolute atomic E-state index is 0.251. The zero-order chi connectivity index (χ0) is 9.95. The molecular weight excluding hydrogens is 192 g/mol. The first kappa shape index (κ1) is 10.9. The Morgan fingerprint density at radius 2 is 2.08 bits per heavy atom. The predicted octanol–water partition coefficient (Wildman–Crippen LogP) is 0.779. The summed E-state index contributed by atoms with van der Waals surface area (Å²) >= 11 is 0. The minimum atomic E-state index is -3.26. The molecule has 0 radical (unpaired) electrons. The maximum atomic E-state index is 10.6. The summed E-state index contributed by atoms with van der Waals surface area (Å²) in [6.07, 6.45) is 2.80. The van der Waals surface area contributed by atoms with Crippen molar-refractivity contribution in [3.05, 3.63) is 0 Å². The summed E-state index contributed by atoms with van der Waals surface area (Å²) in [5.74, 6) is 0. The summed E-state index contributed by atoms with van der Waals surface area (Å²) < 4.78 is 30.9. The van der Waals surface area contributed by atoms with Crippen LogP contribution in [-0.4, -0.2) is 34.5 Å². The Morgan fingerprint density at radius 3 is 2.46 bits per heavy atom. The van der Waals surface area contributed by atoms with Gasteiger partial charge in [-0.05, 0) is 12.8 Å². The van der Waals surface area contributed by atoms with Crippen LogP contribution in [0.4, 0.5) is 0 Å². The predicted molar refractivity (Wildman–Crippen MR) is 49.0 cm³/mol. The van der Waals surface area contributed by atoms with Crippen LogP contribution >= 0.6 is 0 Å². The van der Waals surface area contributed by atoms with Gasteiger partial charge in [0.2, 0.25) is 0 Å². The highest BCUT2D eigenvalue weighted by Gasteiger charge is 2.32. The topological polar surface area (TPSA) is 52.6 Å². The molecule has 13 heavy (non-hydrogen) atoms. The van der Waals surface area contributed by atoms with Gasteiger partial charge >= 0.3 is 0 Å². The molecule has 0 saturated carbocycles. The van der Waals surface area contributed by atoms with Crippen molar-refractivity contribution in [1.29, 1.82) is 0 Å². The third kappa shape index (κ3) is 4.06. The van der Waals surface area contributed by atoms with Gasteiger partial charge in [0, 0.05) is 5.41 Å². The summed E-state index contributed by atoms with van der Waals surface area (Å²) in [5, 5.41) is 0. The largest absolute Gasteiger partial charge is 0.380 e. The van der Waals surface area contributed by atoms with Crippen molar-refractivity contribution in [2.24, 2.45) is 5.41 Å². The Balaban J connectivity index is 2.08. The molecule has 0 amide bonds. The van der Waals surface area contributed by atoms with Crippen molar-refractivity contribution >= 4 is 10.1 Å². The van der Waals surface area contributed by atoms with Gasteiger partial charge in [-0.25, -0.2) is 0 Å². The van der Waals surface area contributed by atoms with E-state index in [4.69, 9.17) is 4.74 Å². The first-order chi connectivity index (χ1) is 5.91. The van der Waals surface area contributed by atoms with Crippen LogP contribution in [0.2, 0.25) is 0 Å². The molecule has 0 atom stereocenters. The zero-order valence-electron chi connectivity index (χ0n) is 8.08. The van der Waals surface area contributed by atoms with Crippen molar-refractivity contribution in [2.45, 2.75) is 19.8 Å². The highest BCUT2D eigenvalue weighted by Crippen LogP contribution is 2.31. The van der Waals surface area contributed by atoms with Crippen LogP contribution in [0.5, 0.6) is 0 Å². The smallest absolute Gasteiger partial charge is 0.264 e. The summed E-state index contributed by atoms with van der Waals surface area (Å²) in [6, 6.07) is 0. The first-order valence-corrected chi connectivity index (χ1v) is 6.15. The Bertz CT molecular complexity index is 253. The zero-order valence-corrected chi connectivity index (χ0v) is 8.89. The molecule has 0 unspecified atom stereocenters. The second-order valence-corrected chi connectivity index (χ2v) is 5.58. The van der Waals surface area contributed by atoms with E-state index in [1.165, 1.54) is 0 Å². The van der Waals surface area contributed by atoms with Crippen LogP contribution in [0.25, 0.3) is 0 Å². The molecule has 0 N–H and O–H groups in total. The van der Waals surface area contributed by atoms with E-state index in [2.05, 4.69) is 11.1 Å². The van der Waals surface area contributed by atoms with Crippen LogP contribution in [-0.2, 0) is 19.0 Å². The van der Waals surface area contributed by atoms with E-state index in [9.17, 15) is 8.42 Å². The van der Waals surface area contributed by atoms with Gasteiger partial charge in [-0.1, -0.05) is 6.92 Å². The van der Waals surface area contributed by atoms with Crippen molar-refractivity contribution in [3.63, 3.8) is 0 Å². The van der Waals surface area contributed by atoms with Crippen LogP contribution in [0.15, 0.2) is 0 Å². The lowest BCUT2D eigenvalue weighted by atomic mass is 9.84. The van der Waals surface area contributed by atoms with Gasteiger partial charge in [0.15, 0.2) is 0 Å². The van der Waals surface area contributed by atoms with Gasteiger partial charge in [0.05, 0.1) is 26.1 Å². The second-order valence-electron chi connectivity index (χ2n) is 3.93. The molecule has 1 rings (SSSR count). The third-order valence-corrected chi connectivity index (χ3v) is 2.72. The second kappa shape index (κ2) is 3.94. The Morgan fingerprint density at radius 1 is 1.46 bits per heavy atom. The lowest BCUT2D eigenvalue weighted by Crippen LogP contribution is -2.39. The SMILES string of the molecule is CC1(CCCOS(C)(=O)=O)COC1. The van der Waals surface area contributed by atoms with Crippen LogP contribution in [0.1, 0.15) is 19.8 Å². The first-order valence-electron chi connectivity index (χ1n) is 4.33. The average molecular weight is 208 g/mol. The molecule has 78 valence electrons. The normalized spacial score (nSPS) is 21.1. The molecule has 4 nitrogen and oxygen atoms in total. The Hall–Kier alpha value is -0.130. The maximum absolute atomic E-state index is 10.6. The van der Waals surface area contributed by atoms with Gasteiger partial charge in [-0.3, -0.25) is 4.18 Å². The van der Waals surface area contributed by atoms with Gasteiger partial charge in [-0.2, -0.15) is 8.42 Å². The van der Waals surface area contributed by atoms with E-state index >= 15 is 0 Å². The molecule has 0 aliphatic carbocycles. The molecule has 0 aromatic heterocycles. The van der Waals surface area contributed by atoms with Gasteiger partial charge < -0.3 is 4.74 Å². The van der Waals surface area contributed by atoms with Gasteiger partial charge in [0.25, 0.3) is 10.1 Å². The summed E-state index contributed by atoms with van der Waals surface area (Å²) in [6.45, 7) is 3.99. The lowest BCUT2D eigenvalue weighted by molar-refractivity contribution is -0.107. The molecule has 0 spiro atoms. The van der Waals surface area contributed by atoms with Gasteiger partial charge in [-0.15, -0.1) is 0 Å². The maximum Gasteiger partial charge on any atom is 0.264 e. The quantitative estimate of drug-likeness (QED) is 0.495. The Labute approximate surface area is 79.3 Å². The van der Waals surface area contributed by atoms with E-state index < -0.39 is 10.1 Å². The highest BCUT2D eigenvalue weighted by atomic mass is 32.2. The van der Waals surface area contributed by atoms with E-state index in [0.717, 1.165) is 32.3 Å². The highest BCUT2D eigenvalue weighted by molar-refractivity contribution is 7.85. The fourth-order valence-electron chi connectivity index (χ4n) is 1.30. The van der Waals surface area contributed by atoms with Crippen LogP contribution in [0.3, 0.4) is 0 Å². The van der Waals surface area contributed by atoms with E-state index in [1.54, 1.807) is 0 Å². The number of rotatable bonds is 5. The molecule has 0 bridgehead atoms.